The second-order valence-corrected chi connectivity index (χ2v) is 7.59. The second-order valence-electron chi connectivity index (χ2n) is 6.56. The number of hydrogen-bond donors (Lipinski definition) is 3. The first-order valence-corrected chi connectivity index (χ1v) is 9.84. The fourth-order valence-corrected chi connectivity index (χ4v) is 4.33. The van der Waals surface area contributed by atoms with Crippen molar-refractivity contribution >= 4 is 40.3 Å². The molecule has 1 saturated carbocycles. The molecule has 2 heterocycles. The molecule has 0 radical (unpaired) electrons. The van der Waals surface area contributed by atoms with Gasteiger partial charge in [-0.1, -0.05) is 29.8 Å². The van der Waals surface area contributed by atoms with Crippen LogP contribution in [-0.4, -0.2) is 16.0 Å². The van der Waals surface area contributed by atoms with Crippen LogP contribution < -0.4 is 9.44 Å². The lowest BCUT2D eigenvalue weighted by atomic mass is 9.84. The Morgan fingerprint density at radius 1 is 1.08 bits per heavy atom. The summed E-state index contributed by atoms with van der Waals surface area (Å²) in [6, 6.07) is 15.0. The lowest BCUT2D eigenvalue weighted by Crippen LogP contribution is -2.29. The summed E-state index contributed by atoms with van der Waals surface area (Å²) >= 11 is 7.57. The summed E-state index contributed by atoms with van der Waals surface area (Å²) in [4.78, 5) is 7.66. The number of fused-ring (bicyclic) bond motifs is 1. The first-order valence-electron chi connectivity index (χ1n) is 8.64. The number of aromatic amines is 1. The van der Waals surface area contributed by atoms with Gasteiger partial charge in [-0.2, -0.15) is 0 Å². The Balaban J connectivity index is 1.28. The maximum atomic E-state index is 5.98. The molecule has 0 bridgehead atoms. The summed E-state index contributed by atoms with van der Waals surface area (Å²) < 4.78 is 6.88. The Labute approximate surface area is 157 Å². The van der Waals surface area contributed by atoms with Crippen molar-refractivity contribution < 1.29 is 0 Å². The zero-order valence-corrected chi connectivity index (χ0v) is 15.4. The second kappa shape index (κ2) is 7.68. The summed E-state index contributed by atoms with van der Waals surface area (Å²) in [6.45, 7) is 0. The molecule has 130 valence electrons. The Morgan fingerprint density at radius 2 is 1.88 bits per heavy atom. The molecule has 25 heavy (non-hydrogen) atoms. The molecule has 2 aromatic heterocycles. The number of benzene rings is 1. The summed E-state index contributed by atoms with van der Waals surface area (Å²) in [7, 11) is 0. The molecule has 6 heteroatoms. The van der Waals surface area contributed by atoms with Crippen LogP contribution in [0.3, 0.4) is 0 Å². The monoisotopic (exact) mass is 372 g/mol. The van der Waals surface area contributed by atoms with Crippen LogP contribution in [0.4, 0.5) is 5.69 Å². The number of pyridine rings is 1. The van der Waals surface area contributed by atoms with Gasteiger partial charge in [-0.15, -0.1) is 0 Å². The third-order valence-corrected chi connectivity index (χ3v) is 5.82. The number of aromatic nitrogens is 2. The van der Waals surface area contributed by atoms with E-state index in [1.165, 1.54) is 31.4 Å². The number of para-hydroxylation sites is 1. The van der Waals surface area contributed by atoms with Crippen molar-refractivity contribution in [1.29, 1.82) is 0 Å². The van der Waals surface area contributed by atoms with E-state index in [-0.39, 0.29) is 0 Å². The van der Waals surface area contributed by atoms with Crippen LogP contribution in [0.1, 0.15) is 37.3 Å². The summed E-state index contributed by atoms with van der Waals surface area (Å²) in [5, 5.41) is 1.70. The van der Waals surface area contributed by atoms with Gasteiger partial charge in [0.15, 0.2) is 0 Å². The lowest BCUT2D eigenvalue weighted by Gasteiger charge is -2.28. The zero-order chi connectivity index (χ0) is 17.1. The summed E-state index contributed by atoms with van der Waals surface area (Å²) in [5.41, 5.74) is 3.51. The van der Waals surface area contributed by atoms with Gasteiger partial charge >= 0.3 is 0 Å². The normalized spacial score (nSPS) is 20.7. The van der Waals surface area contributed by atoms with Crippen LogP contribution in [0, 0.1) is 0 Å². The molecule has 0 aliphatic heterocycles. The highest BCUT2D eigenvalue weighted by molar-refractivity contribution is 7.98. The van der Waals surface area contributed by atoms with E-state index in [1.807, 2.05) is 30.5 Å². The minimum absolute atomic E-state index is 0.550. The van der Waals surface area contributed by atoms with E-state index in [9.17, 15) is 0 Å². The van der Waals surface area contributed by atoms with Gasteiger partial charge in [0, 0.05) is 34.9 Å². The largest absolute Gasteiger partial charge is 0.357 e. The topological polar surface area (TPSA) is 52.7 Å². The summed E-state index contributed by atoms with van der Waals surface area (Å²) in [5.74, 6) is 0.594. The molecule has 4 nitrogen and oxygen atoms in total. The lowest BCUT2D eigenvalue weighted by molar-refractivity contribution is 0.378. The molecule has 0 amide bonds. The van der Waals surface area contributed by atoms with Crippen molar-refractivity contribution in [3.8, 4) is 0 Å². The third-order valence-electron chi connectivity index (χ3n) is 4.83. The predicted molar refractivity (Wildman–Crippen MR) is 107 cm³/mol. The van der Waals surface area contributed by atoms with E-state index in [1.54, 1.807) is 12.1 Å². The molecule has 1 aromatic carbocycles. The molecule has 1 fully saturated rings. The summed E-state index contributed by atoms with van der Waals surface area (Å²) in [6.07, 6.45) is 6.57. The van der Waals surface area contributed by atoms with E-state index >= 15 is 0 Å². The molecule has 4 rings (SSSR count). The molecule has 3 N–H and O–H groups in total. The first kappa shape index (κ1) is 16.8. The average molecular weight is 373 g/mol. The molecule has 0 saturated heterocycles. The van der Waals surface area contributed by atoms with E-state index in [2.05, 4.69) is 37.6 Å². The zero-order valence-electron chi connectivity index (χ0n) is 13.8. The highest BCUT2D eigenvalue weighted by Crippen LogP contribution is 2.34. The minimum Gasteiger partial charge on any atom is -0.357 e. The van der Waals surface area contributed by atoms with Crippen molar-refractivity contribution in [2.24, 2.45) is 0 Å². The number of nitrogens with zero attached hydrogens (tertiary/aromatic N) is 1. The van der Waals surface area contributed by atoms with E-state index < -0.39 is 0 Å². The highest BCUT2D eigenvalue weighted by Gasteiger charge is 2.23. The van der Waals surface area contributed by atoms with Crippen molar-refractivity contribution in [3.05, 3.63) is 59.5 Å². The molecule has 1 aliphatic rings. The van der Waals surface area contributed by atoms with Crippen molar-refractivity contribution in [2.45, 2.75) is 37.6 Å². The SMILES string of the molecule is Clc1cc2cc(C3CCC(NSNc4ccccc4)CC3)[nH]c2cn1. The Hall–Kier alpha value is -1.69. The number of hydrogen-bond acceptors (Lipinski definition) is 4. The molecule has 0 unspecified atom stereocenters. The number of rotatable bonds is 5. The van der Waals surface area contributed by atoms with Gasteiger partial charge in [-0.3, -0.25) is 0 Å². The van der Waals surface area contributed by atoms with E-state index in [0.717, 1.165) is 16.6 Å². The van der Waals surface area contributed by atoms with Crippen LogP contribution in [0.5, 0.6) is 0 Å². The molecule has 3 aromatic rings. The van der Waals surface area contributed by atoms with Gasteiger partial charge < -0.3 is 9.71 Å². The van der Waals surface area contributed by atoms with Gasteiger partial charge in [0.1, 0.15) is 5.15 Å². The third kappa shape index (κ3) is 4.11. The quantitative estimate of drug-likeness (QED) is 0.408. The Kier molecular flexibility index (Phi) is 5.15. The van der Waals surface area contributed by atoms with Crippen molar-refractivity contribution in [2.75, 3.05) is 4.72 Å². The van der Waals surface area contributed by atoms with Gasteiger partial charge in [-0.05, 0) is 55.9 Å². The van der Waals surface area contributed by atoms with Crippen molar-refractivity contribution in [3.63, 3.8) is 0 Å². The number of halogens is 1. The Morgan fingerprint density at radius 3 is 2.68 bits per heavy atom. The van der Waals surface area contributed by atoms with Crippen LogP contribution in [0.15, 0.2) is 48.7 Å². The molecular formula is C19H21ClN4S. The van der Waals surface area contributed by atoms with Crippen LogP contribution in [0.25, 0.3) is 10.9 Å². The molecule has 1 aliphatic carbocycles. The highest BCUT2D eigenvalue weighted by atomic mass is 35.5. The maximum Gasteiger partial charge on any atom is 0.129 e. The van der Waals surface area contributed by atoms with Gasteiger partial charge in [-0.25, -0.2) is 9.71 Å². The molecule has 0 spiro atoms. The fourth-order valence-electron chi connectivity index (χ4n) is 3.45. The molecular weight excluding hydrogens is 352 g/mol. The standard InChI is InChI=1S/C19H21ClN4S/c20-19-11-14-10-17(22-18(14)12-21-19)13-6-8-16(9-7-13)24-25-23-15-4-2-1-3-5-15/h1-5,10-13,16,22-24H,6-9H2. The predicted octanol–water partition coefficient (Wildman–Crippen LogP) is 5.51. The number of anilines is 1. The Bertz CT molecular complexity index is 828. The van der Waals surface area contributed by atoms with Crippen molar-refractivity contribution in [1.82, 2.24) is 14.7 Å². The van der Waals surface area contributed by atoms with Gasteiger partial charge in [0.25, 0.3) is 0 Å². The van der Waals surface area contributed by atoms with E-state index in [4.69, 9.17) is 11.6 Å². The molecule has 0 atom stereocenters. The van der Waals surface area contributed by atoms with Gasteiger partial charge in [0.2, 0.25) is 0 Å². The number of H-pyrrole nitrogens is 1. The smallest absolute Gasteiger partial charge is 0.129 e. The number of nitrogens with one attached hydrogen (secondary N) is 3. The minimum atomic E-state index is 0.550. The van der Waals surface area contributed by atoms with E-state index in [0.29, 0.717) is 17.1 Å². The first-order chi connectivity index (χ1) is 12.3. The van der Waals surface area contributed by atoms with Crippen LogP contribution in [-0.2, 0) is 0 Å². The maximum absolute atomic E-state index is 5.98. The van der Waals surface area contributed by atoms with Crippen LogP contribution in [0.2, 0.25) is 5.15 Å². The van der Waals surface area contributed by atoms with Gasteiger partial charge in [0.05, 0.1) is 11.7 Å². The fraction of sp³-hybridized carbons (Fsp3) is 0.316. The average Bonchev–Trinajstić information content (AvgIpc) is 3.06. The van der Waals surface area contributed by atoms with Crippen LogP contribution >= 0.6 is 23.7 Å².